The number of amides is 2. The molecule has 36 heavy (non-hydrogen) atoms. The molecule has 0 saturated carbocycles. The van der Waals surface area contributed by atoms with E-state index in [4.69, 9.17) is 24.7 Å². The number of aliphatic hydroxyl groups is 1. The first-order valence-corrected chi connectivity index (χ1v) is 11.3. The number of carbonyl (C=O) groups is 2. The van der Waals surface area contributed by atoms with E-state index in [0.29, 0.717) is 52.9 Å². The Hall–Kier alpha value is -4.16. The molecule has 12 heteroatoms. The molecule has 2 aromatic heterocycles. The van der Waals surface area contributed by atoms with Gasteiger partial charge in [-0.3, -0.25) is 14.7 Å². The van der Waals surface area contributed by atoms with Gasteiger partial charge in [-0.25, -0.2) is 9.78 Å². The first-order valence-electron chi connectivity index (χ1n) is 11.3. The monoisotopic (exact) mass is 495 g/mol. The molecule has 0 unspecified atom stereocenters. The highest BCUT2D eigenvalue weighted by Crippen LogP contribution is 2.35. The molecule has 0 aliphatic carbocycles. The number of pyridine rings is 2. The summed E-state index contributed by atoms with van der Waals surface area (Å²) in [6.07, 6.45) is -0.995. The number of ether oxygens (including phenoxy) is 4. The molecule has 2 aliphatic heterocycles. The average molecular weight is 495 g/mol. The third-order valence-electron chi connectivity index (χ3n) is 5.98. The fourth-order valence-corrected chi connectivity index (χ4v) is 4.09. The number of fused-ring (bicyclic) bond motifs is 2. The predicted molar refractivity (Wildman–Crippen MR) is 127 cm³/mol. The Labute approximate surface area is 205 Å². The molecule has 1 saturated heterocycles. The molecule has 4 heterocycles. The fourth-order valence-electron chi connectivity index (χ4n) is 4.09. The maximum atomic E-state index is 12.7. The van der Waals surface area contributed by atoms with Crippen molar-refractivity contribution < 1.29 is 33.6 Å². The number of benzene rings is 1. The van der Waals surface area contributed by atoms with Crippen LogP contribution in [0.1, 0.15) is 11.7 Å². The van der Waals surface area contributed by atoms with E-state index >= 15 is 0 Å². The number of nitrogens with one attached hydrogen (secondary N) is 1. The van der Waals surface area contributed by atoms with E-state index in [9.17, 15) is 14.7 Å². The van der Waals surface area contributed by atoms with Gasteiger partial charge in [0.2, 0.25) is 11.8 Å². The molecule has 2 amide bonds. The summed E-state index contributed by atoms with van der Waals surface area (Å²) in [6, 6.07) is 8.79. The third-order valence-corrected chi connectivity index (χ3v) is 5.98. The molecule has 1 fully saturated rings. The Kier molecular flexibility index (Phi) is 6.44. The zero-order chi connectivity index (χ0) is 25.2. The van der Waals surface area contributed by atoms with E-state index in [1.54, 1.807) is 36.4 Å². The van der Waals surface area contributed by atoms with Crippen LogP contribution in [0, 0.1) is 0 Å². The smallest absolute Gasteiger partial charge is 0.414 e. The minimum atomic E-state index is -1.35. The van der Waals surface area contributed by atoms with E-state index in [2.05, 4.69) is 15.3 Å². The Morgan fingerprint density at radius 3 is 2.86 bits per heavy atom. The number of cyclic esters (lactones) is 1. The zero-order valence-corrected chi connectivity index (χ0v) is 19.4. The first kappa shape index (κ1) is 23.6. The normalized spacial score (nSPS) is 18.5. The van der Waals surface area contributed by atoms with Crippen molar-refractivity contribution >= 4 is 28.7 Å². The molecule has 5 rings (SSSR count). The van der Waals surface area contributed by atoms with Crippen LogP contribution < -0.4 is 30.2 Å². The van der Waals surface area contributed by atoms with Gasteiger partial charge in [0.1, 0.15) is 31.5 Å². The lowest BCUT2D eigenvalue weighted by atomic mass is 10.0. The predicted octanol–water partition coefficient (Wildman–Crippen LogP) is 0.912. The van der Waals surface area contributed by atoms with Crippen LogP contribution in [0.3, 0.4) is 0 Å². The minimum Gasteiger partial charge on any atom is -0.486 e. The molecule has 0 radical (unpaired) electrons. The molecule has 0 bridgehead atoms. The number of nitrogens with two attached hydrogens (primary N) is 1. The van der Waals surface area contributed by atoms with Crippen molar-refractivity contribution in [1.29, 1.82) is 0 Å². The molecule has 188 valence electrons. The van der Waals surface area contributed by atoms with Crippen LogP contribution in [-0.2, 0) is 9.53 Å². The van der Waals surface area contributed by atoms with E-state index in [1.165, 1.54) is 18.2 Å². The van der Waals surface area contributed by atoms with Gasteiger partial charge in [0.15, 0.2) is 11.5 Å². The van der Waals surface area contributed by atoms with Crippen LogP contribution in [0.5, 0.6) is 17.4 Å². The second-order valence-electron chi connectivity index (χ2n) is 8.28. The van der Waals surface area contributed by atoms with Crippen LogP contribution >= 0.6 is 0 Å². The number of hydrogen-bond acceptors (Lipinski definition) is 10. The number of carbonyl (C=O) groups excluding carboxylic acids is 2. The van der Waals surface area contributed by atoms with Crippen LogP contribution in [0.25, 0.3) is 11.0 Å². The quantitative estimate of drug-likeness (QED) is 0.430. The topological polar surface area (TPSA) is 158 Å². The molecule has 4 N–H and O–H groups in total. The van der Waals surface area contributed by atoms with Crippen LogP contribution in [0.4, 0.5) is 10.5 Å². The van der Waals surface area contributed by atoms with Gasteiger partial charge in [-0.2, -0.15) is 0 Å². The summed E-state index contributed by atoms with van der Waals surface area (Å²) in [5, 5.41) is 13.5. The highest BCUT2D eigenvalue weighted by atomic mass is 16.6. The third kappa shape index (κ3) is 4.55. The van der Waals surface area contributed by atoms with Crippen molar-refractivity contribution in [2.24, 2.45) is 5.73 Å². The number of rotatable bonds is 7. The SMILES string of the molecule is COc1ccc2nccc([C@H](O)[C@H](N)C(=O)NC[C@@H]3CN(c4ccc5c(c4)OCCO5)C(=O)O3)c2n1. The van der Waals surface area contributed by atoms with Crippen molar-refractivity contribution in [2.75, 3.05) is 38.3 Å². The van der Waals surface area contributed by atoms with Crippen LogP contribution in [-0.4, -0.2) is 72.6 Å². The number of aliphatic hydroxyl groups excluding tert-OH is 1. The second kappa shape index (κ2) is 9.84. The van der Waals surface area contributed by atoms with E-state index in [-0.39, 0.29) is 13.1 Å². The second-order valence-corrected chi connectivity index (χ2v) is 8.28. The standard InChI is InChI=1S/C24H25N5O7/c1-33-19-5-3-16-21(28-19)15(6-7-26-16)22(30)20(25)23(31)27-11-14-12-29(24(32)36-14)13-2-4-17-18(10-13)35-9-8-34-17/h2-7,10,14,20,22,30H,8-9,11-12,25H2,1H3,(H,27,31)/t14-,20+,22+/m1/s1. The van der Waals surface area contributed by atoms with E-state index < -0.39 is 30.3 Å². The summed E-state index contributed by atoms with van der Waals surface area (Å²) < 4.78 is 21.6. The highest BCUT2D eigenvalue weighted by molar-refractivity contribution is 5.90. The van der Waals surface area contributed by atoms with Crippen molar-refractivity contribution in [1.82, 2.24) is 15.3 Å². The zero-order valence-electron chi connectivity index (χ0n) is 19.4. The Morgan fingerprint density at radius 1 is 1.25 bits per heavy atom. The largest absolute Gasteiger partial charge is 0.486 e. The Morgan fingerprint density at radius 2 is 2.06 bits per heavy atom. The maximum absolute atomic E-state index is 12.7. The molecule has 12 nitrogen and oxygen atoms in total. The van der Waals surface area contributed by atoms with Gasteiger partial charge in [0.25, 0.3) is 0 Å². The van der Waals surface area contributed by atoms with Gasteiger partial charge < -0.3 is 35.1 Å². The summed E-state index contributed by atoms with van der Waals surface area (Å²) in [4.78, 5) is 35.2. The maximum Gasteiger partial charge on any atom is 0.414 e. The lowest BCUT2D eigenvalue weighted by molar-refractivity contribution is -0.125. The lowest BCUT2D eigenvalue weighted by Gasteiger charge is -2.21. The molecular weight excluding hydrogens is 470 g/mol. The van der Waals surface area contributed by atoms with Gasteiger partial charge in [0.05, 0.1) is 36.9 Å². The van der Waals surface area contributed by atoms with Gasteiger partial charge in [-0.1, -0.05) is 0 Å². The fraction of sp³-hybridized carbons (Fsp3) is 0.333. The van der Waals surface area contributed by atoms with E-state index in [1.807, 2.05) is 0 Å². The van der Waals surface area contributed by atoms with Gasteiger partial charge in [-0.05, 0) is 24.3 Å². The molecule has 3 atom stereocenters. The number of methoxy groups -OCH3 is 1. The van der Waals surface area contributed by atoms with Gasteiger partial charge >= 0.3 is 6.09 Å². The molecular formula is C24H25N5O7. The highest BCUT2D eigenvalue weighted by Gasteiger charge is 2.34. The number of hydrogen-bond donors (Lipinski definition) is 3. The van der Waals surface area contributed by atoms with Gasteiger partial charge in [-0.15, -0.1) is 0 Å². The number of aromatic nitrogens is 2. The van der Waals surface area contributed by atoms with Gasteiger partial charge in [0, 0.05) is 23.9 Å². The molecule has 0 spiro atoms. The summed E-state index contributed by atoms with van der Waals surface area (Å²) in [5.41, 5.74) is 7.91. The van der Waals surface area contributed by atoms with Crippen molar-refractivity contribution in [3.05, 3.63) is 48.2 Å². The van der Waals surface area contributed by atoms with Crippen LogP contribution in [0.15, 0.2) is 42.6 Å². The average Bonchev–Trinajstić information content (AvgIpc) is 3.30. The van der Waals surface area contributed by atoms with E-state index in [0.717, 1.165) is 0 Å². The van der Waals surface area contributed by atoms with Crippen molar-refractivity contribution in [3.63, 3.8) is 0 Å². The molecule has 3 aromatic rings. The van der Waals surface area contributed by atoms with Crippen molar-refractivity contribution in [2.45, 2.75) is 18.2 Å². The first-order chi connectivity index (χ1) is 17.4. The Bertz CT molecular complexity index is 1300. The summed E-state index contributed by atoms with van der Waals surface area (Å²) in [6.45, 7) is 1.14. The Balaban J connectivity index is 1.22. The summed E-state index contributed by atoms with van der Waals surface area (Å²) in [5.74, 6) is 0.903. The molecule has 1 aromatic carbocycles. The summed E-state index contributed by atoms with van der Waals surface area (Å²) >= 11 is 0. The lowest BCUT2D eigenvalue weighted by Crippen LogP contribution is -2.47. The minimum absolute atomic E-state index is 0.0230. The number of anilines is 1. The summed E-state index contributed by atoms with van der Waals surface area (Å²) in [7, 11) is 1.48. The molecule has 2 aliphatic rings. The number of nitrogens with zero attached hydrogens (tertiary/aromatic N) is 3. The van der Waals surface area contributed by atoms with Crippen molar-refractivity contribution in [3.8, 4) is 17.4 Å². The van der Waals surface area contributed by atoms with Crippen LogP contribution in [0.2, 0.25) is 0 Å².